The maximum absolute atomic E-state index is 11.7. The highest BCUT2D eigenvalue weighted by molar-refractivity contribution is 6.20. The van der Waals surface area contributed by atoms with E-state index in [9.17, 15) is 9.59 Å². The number of hydrogen-bond acceptors (Lipinski definition) is 4. The van der Waals surface area contributed by atoms with Crippen LogP contribution in [0, 0.1) is 0 Å². The zero-order valence-corrected chi connectivity index (χ0v) is 10.6. The molecule has 2 fully saturated rings. The van der Waals surface area contributed by atoms with Crippen LogP contribution in [0.2, 0.25) is 0 Å². The van der Waals surface area contributed by atoms with Gasteiger partial charge >= 0.3 is 12.1 Å². The molecule has 17 heavy (non-hydrogen) atoms. The average molecular weight is 262 g/mol. The van der Waals surface area contributed by atoms with Gasteiger partial charge in [-0.2, -0.15) is 0 Å². The summed E-state index contributed by atoms with van der Waals surface area (Å²) in [6.07, 6.45) is 1.41. The van der Waals surface area contributed by atoms with Gasteiger partial charge in [-0.15, -0.1) is 11.6 Å². The molecule has 0 spiro atoms. The van der Waals surface area contributed by atoms with Crippen LogP contribution >= 0.6 is 11.6 Å². The first-order valence-electron chi connectivity index (χ1n) is 5.70. The molecule has 2 aliphatic heterocycles. The standard InChI is InChI=1S/C11H16ClNO4/c1-6(14)17-10-5-8-3-7(12)4-9(10)13(8)11(15)16-2/h7-10H,3-5H2,1-2H3/t7?,8?,9?,10-/m1/s1. The van der Waals surface area contributed by atoms with Gasteiger partial charge in [0.2, 0.25) is 0 Å². The maximum Gasteiger partial charge on any atom is 0.410 e. The Labute approximate surface area is 105 Å². The van der Waals surface area contributed by atoms with E-state index < -0.39 is 0 Å². The van der Waals surface area contributed by atoms with Gasteiger partial charge in [-0.3, -0.25) is 9.69 Å². The van der Waals surface area contributed by atoms with Crippen LogP contribution in [0.4, 0.5) is 4.79 Å². The molecule has 2 saturated heterocycles. The van der Waals surface area contributed by atoms with Gasteiger partial charge in [-0.05, 0) is 12.8 Å². The number of piperidine rings is 1. The van der Waals surface area contributed by atoms with Crippen molar-refractivity contribution in [3.63, 3.8) is 0 Å². The van der Waals surface area contributed by atoms with Gasteiger partial charge in [-0.25, -0.2) is 4.79 Å². The molecule has 5 nitrogen and oxygen atoms in total. The number of nitrogens with zero attached hydrogens (tertiary/aromatic N) is 1. The highest BCUT2D eigenvalue weighted by Crippen LogP contribution is 2.39. The minimum Gasteiger partial charge on any atom is -0.460 e. The van der Waals surface area contributed by atoms with Crippen LogP contribution in [-0.2, 0) is 14.3 Å². The molecule has 2 aliphatic rings. The van der Waals surface area contributed by atoms with E-state index in [4.69, 9.17) is 21.1 Å². The van der Waals surface area contributed by atoms with E-state index in [1.54, 1.807) is 4.90 Å². The van der Waals surface area contributed by atoms with Gasteiger partial charge in [0, 0.05) is 24.8 Å². The molecule has 3 unspecified atom stereocenters. The van der Waals surface area contributed by atoms with Crippen LogP contribution in [0.3, 0.4) is 0 Å². The lowest BCUT2D eigenvalue weighted by molar-refractivity contribution is -0.147. The van der Waals surface area contributed by atoms with Crippen molar-refractivity contribution in [2.24, 2.45) is 0 Å². The second-order valence-electron chi connectivity index (χ2n) is 4.55. The Morgan fingerprint density at radius 3 is 2.59 bits per heavy atom. The summed E-state index contributed by atoms with van der Waals surface area (Å²) in [4.78, 5) is 24.4. The van der Waals surface area contributed by atoms with Crippen LogP contribution < -0.4 is 0 Å². The molecular formula is C11H16ClNO4. The molecule has 0 aromatic heterocycles. The van der Waals surface area contributed by atoms with E-state index in [1.165, 1.54) is 14.0 Å². The molecule has 2 rings (SSSR count). The second kappa shape index (κ2) is 4.72. The Morgan fingerprint density at radius 1 is 1.29 bits per heavy atom. The average Bonchev–Trinajstić information content (AvgIpc) is 2.46. The summed E-state index contributed by atoms with van der Waals surface area (Å²) in [7, 11) is 1.36. The number of rotatable bonds is 1. The molecule has 0 N–H and O–H groups in total. The molecule has 0 aromatic carbocycles. The van der Waals surface area contributed by atoms with E-state index in [-0.39, 0.29) is 35.6 Å². The summed E-state index contributed by atoms with van der Waals surface area (Å²) in [6.45, 7) is 1.38. The Balaban J connectivity index is 2.15. The summed E-state index contributed by atoms with van der Waals surface area (Å²) in [5.74, 6) is -0.321. The molecule has 0 radical (unpaired) electrons. The van der Waals surface area contributed by atoms with Crippen molar-refractivity contribution in [3.8, 4) is 0 Å². The predicted molar refractivity (Wildman–Crippen MR) is 60.9 cm³/mol. The van der Waals surface area contributed by atoms with Crippen molar-refractivity contribution in [1.82, 2.24) is 4.90 Å². The van der Waals surface area contributed by atoms with Crippen molar-refractivity contribution in [2.45, 2.75) is 49.8 Å². The number of esters is 1. The first kappa shape index (κ1) is 12.5. The third-order valence-corrected chi connectivity index (χ3v) is 3.77. The number of fused-ring (bicyclic) bond motifs is 2. The van der Waals surface area contributed by atoms with Gasteiger partial charge < -0.3 is 9.47 Å². The minimum absolute atomic E-state index is 0.0213. The summed E-state index contributed by atoms with van der Waals surface area (Å²) < 4.78 is 10.0. The summed E-state index contributed by atoms with van der Waals surface area (Å²) in [5.41, 5.74) is 0. The zero-order chi connectivity index (χ0) is 12.6. The van der Waals surface area contributed by atoms with Crippen LogP contribution in [-0.4, -0.2) is 47.6 Å². The smallest absolute Gasteiger partial charge is 0.410 e. The molecule has 0 aromatic rings. The van der Waals surface area contributed by atoms with E-state index in [0.717, 1.165) is 6.42 Å². The van der Waals surface area contributed by atoms with Gasteiger partial charge in [-0.1, -0.05) is 0 Å². The van der Waals surface area contributed by atoms with Gasteiger partial charge in [0.05, 0.1) is 13.2 Å². The predicted octanol–water partition coefficient (Wildman–Crippen LogP) is 1.53. The lowest BCUT2D eigenvalue weighted by Gasteiger charge is -2.36. The summed E-state index contributed by atoms with van der Waals surface area (Å²) in [5, 5.41) is 0.0338. The molecule has 0 aliphatic carbocycles. The topological polar surface area (TPSA) is 55.8 Å². The molecule has 1 amide bonds. The fourth-order valence-electron chi connectivity index (χ4n) is 2.85. The van der Waals surface area contributed by atoms with Gasteiger partial charge in [0.15, 0.2) is 0 Å². The quantitative estimate of drug-likeness (QED) is 0.531. The summed E-state index contributed by atoms with van der Waals surface area (Å²) in [6, 6.07) is -0.124. The van der Waals surface area contributed by atoms with Crippen molar-refractivity contribution >= 4 is 23.7 Å². The number of alkyl halides is 1. The van der Waals surface area contributed by atoms with E-state index in [2.05, 4.69) is 0 Å². The third-order valence-electron chi connectivity index (χ3n) is 3.41. The Bertz CT molecular complexity index is 335. The zero-order valence-electron chi connectivity index (χ0n) is 9.89. The number of carbonyl (C=O) groups is 2. The largest absolute Gasteiger partial charge is 0.460 e. The Morgan fingerprint density at radius 2 is 2.00 bits per heavy atom. The van der Waals surface area contributed by atoms with Crippen molar-refractivity contribution in [1.29, 1.82) is 0 Å². The highest BCUT2D eigenvalue weighted by atomic mass is 35.5. The van der Waals surface area contributed by atoms with E-state index in [0.29, 0.717) is 12.8 Å². The molecule has 2 heterocycles. The molecular weight excluding hydrogens is 246 g/mol. The fourth-order valence-corrected chi connectivity index (χ4v) is 3.24. The normalized spacial score (nSPS) is 35.6. The number of methoxy groups -OCH3 is 1. The van der Waals surface area contributed by atoms with Crippen LogP contribution in [0.5, 0.6) is 0 Å². The number of halogens is 1. The lowest BCUT2D eigenvalue weighted by Crippen LogP contribution is -2.49. The first-order chi connectivity index (χ1) is 8.02. The molecule has 6 heteroatoms. The molecule has 0 saturated carbocycles. The SMILES string of the molecule is COC(=O)N1C2CC(Cl)CC1[C@H](OC(C)=O)C2. The van der Waals surface area contributed by atoms with Crippen LogP contribution in [0.15, 0.2) is 0 Å². The highest BCUT2D eigenvalue weighted by Gasteiger charge is 2.50. The Kier molecular flexibility index (Phi) is 3.47. The van der Waals surface area contributed by atoms with E-state index >= 15 is 0 Å². The number of carbonyl (C=O) groups excluding carboxylic acids is 2. The monoisotopic (exact) mass is 261 g/mol. The molecule has 2 bridgehead atoms. The van der Waals surface area contributed by atoms with Crippen LogP contribution in [0.25, 0.3) is 0 Å². The number of amides is 1. The summed E-state index contributed by atoms with van der Waals surface area (Å²) >= 11 is 6.14. The minimum atomic E-state index is -0.363. The number of hydrogen-bond donors (Lipinski definition) is 0. The second-order valence-corrected chi connectivity index (χ2v) is 5.17. The van der Waals surface area contributed by atoms with Crippen molar-refractivity contribution in [2.75, 3.05) is 7.11 Å². The van der Waals surface area contributed by atoms with E-state index in [1.807, 2.05) is 0 Å². The third kappa shape index (κ3) is 2.34. The van der Waals surface area contributed by atoms with Gasteiger partial charge in [0.25, 0.3) is 0 Å². The Hall–Kier alpha value is -0.970. The molecule has 96 valence electrons. The van der Waals surface area contributed by atoms with Crippen LogP contribution in [0.1, 0.15) is 26.2 Å². The first-order valence-corrected chi connectivity index (χ1v) is 6.14. The lowest BCUT2D eigenvalue weighted by atomic mass is 10.0. The molecule has 4 atom stereocenters. The maximum atomic E-state index is 11.7. The van der Waals surface area contributed by atoms with Gasteiger partial charge in [0.1, 0.15) is 6.10 Å². The van der Waals surface area contributed by atoms with Crippen molar-refractivity contribution < 1.29 is 19.1 Å². The van der Waals surface area contributed by atoms with Crippen molar-refractivity contribution in [3.05, 3.63) is 0 Å². The fraction of sp³-hybridized carbons (Fsp3) is 0.818. The number of ether oxygens (including phenoxy) is 2.